The zero-order valence-corrected chi connectivity index (χ0v) is 6.10. The number of aldehydes is 1. The fourth-order valence-electron chi connectivity index (χ4n) is 0.369. The van der Waals surface area contributed by atoms with E-state index in [2.05, 4.69) is 22.8 Å². The Balaban J connectivity index is 2.76. The highest BCUT2D eigenvalue weighted by molar-refractivity contribution is 7.81. The fraction of sp³-hybridized carbons (Fsp3) is 0.250. The standard InChI is InChI=1S/C4H4N2OS2/c7-1-3(8)4-6-5-2-9-4/h1-3,8H. The Morgan fingerprint density at radius 3 is 3.11 bits per heavy atom. The Hall–Kier alpha value is -0.420. The van der Waals surface area contributed by atoms with E-state index in [0.29, 0.717) is 5.01 Å². The van der Waals surface area contributed by atoms with Gasteiger partial charge in [0.25, 0.3) is 0 Å². The lowest BCUT2D eigenvalue weighted by atomic mass is 10.5. The minimum atomic E-state index is -0.405. The largest absolute Gasteiger partial charge is 0.302 e. The van der Waals surface area contributed by atoms with Gasteiger partial charge in [0.05, 0.1) is 0 Å². The van der Waals surface area contributed by atoms with Crippen molar-refractivity contribution in [3.63, 3.8) is 0 Å². The number of rotatable bonds is 2. The van der Waals surface area contributed by atoms with Gasteiger partial charge in [0.1, 0.15) is 22.1 Å². The number of hydrogen-bond donors (Lipinski definition) is 1. The van der Waals surface area contributed by atoms with Crippen LogP contribution in [0.5, 0.6) is 0 Å². The van der Waals surface area contributed by atoms with Crippen molar-refractivity contribution in [1.82, 2.24) is 10.2 Å². The molecule has 1 atom stereocenters. The molecular weight excluding hydrogens is 156 g/mol. The highest BCUT2D eigenvalue weighted by Gasteiger charge is 2.06. The Morgan fingerprint density at radius 2 is 2.67 bits per heavy atom. The van der Waals surface area contributed by atoms with E-state index in [1.54, 1.807) is 5.51 Å². The third-order valence-electron chi connectivity index (χ3n) is 0.759. The van der Waals surface area contributed by atoms with Crippen molar-refractivity contribution in [1.29, 1.82) is 0 Å². The first-order valence-corrected chi connectivity index (χ1v) is 3.63. The SMILES string of the molecule is O=CC(S)c1nncs1. The van der Waals surface area contributed by atoms with E-state index in [9.17, 15) is 4.79 Å². The number of hydrogen-bond acceptors (Lipinski definition) is 5. The van der Waals surface area contributed by atoms with Crippen molar-refractivity contribution in [2.45, 2.75) is 5.25 Å². The zero-order chi connectivity index (χ0) is 6.69. The van der Waals surface area contributed by atoms with Crippen molar-refractivity contribution in [3.05, 3.63) is 10.5 Å². The molecule has 0 saturated heterocycles. The summed E-state index contributed by atoms with van der Waals surface area (Å²) >= 11 is 5.25. The first-order chi connectivity index (χ1) is 4.34. The summed E-state index contributed by atoms with van der Waals surface area (Å²) in [6.07, 6.45) is 0.726. The Labute approximate surface area is 61.5 Å². The van der Waals surface area contributed by atoms with E-state index in [-0.39, 0.29) is 0 Å². The number of nitrogens with zero attached hydrogens (tertiary/aromatic N) is 2. The predicted octanol–water partition coefficient (Wildman–Crippen LogP) is 0.708. The van der Waals surface area contributed by atoms with E-state index in [1.165, 1.54) is 11.3 Å². The molecule has 0 fully saturated rings. The average Bonchev–Trinajstić information content (AvgIpc) is 2.37. The van der Waals surface area contributed by atoms with Crippen LogP contribution in [-0.4, -0.2) is 16.5 Å². The first kappa shape index (κ1) is 6.70. The number of carbonyl (C=O) groups is 1. The van der Waals surface area contributed by atoms with Gasteiger partial charge >= 0.3 is 0 Å². The van der Waals surface area contributed by atoms with Crippen LogP contribution < -0.4 is 0 Å². The van der Waals surface area contributed by atoms with Crippen molar-refractivity contribution in [2.75, 3.05) is 0 Å². The van der Waals surface area contributed by atoms with Crippen LogP contribution in [0.25, 0.3) is 0 Å². The minimum Gasteiger partial charge on any atom is -0.302 e. The van der Waals surface area contributed by atoms with Crippen molar-refractivity contribution in [2.24, 2.45) is 0 Å². The fourth-order valence-corrected chi connectivity index (χ4v) is 1.09. The molecule has 1 aromatic heterocycles. The molecule has 0 amide bonds. The van der Waals surface area contributed by atoms with Gasteiger partial charge < -0.3 is 4.79 Å². The molecule has 0 bridgehead atoms. The van der Waals surface area contributed by atoms with Crippen LogP contribution in [-0.2, 0) is 4.79 Å². The van der Waals surface area contributed by atoms with Gasteiger partial charge in [-0.15, -0.1) is 21.5 Å². The smallest absolute Gasteiger partial charge is 0.139 e. The third kappa shape index (κ3) is 1.49. The summed E-state index contributed by atoms with van der Waals surface area (Å²) in [5.41, 5.74) is 1.57. The summed E-state index contributed by atoms with van der Waals surface area (Å²) in [6, 6.07) is 0. The second kappa shape index (κ2) is 2.93. The second-order valence-electron chi connectivity index (χ2n) is 1.36. The molecule has 3 nitrogen and oxygen atoms in total. The number of thiol groups is 1. The molecule has 48 valence electrons. The van der Waals surface area contributed by atoms with E-state index < -0.39 is 5.25 Å². The van der Waals surface area contributed by atoms with E-state index in [4.69, 9.17) is 0 Å². The lowest BCUT2D eigenvalue weighted by molar-refractivity contribution is -0.107. The summed E-state index contributed by atoms with van der Waals surface area (Å²) in [7, 11) is 0. The van der Waals surface area contributed by atoms with Crippen LogP contribution in [0.3, 0.4) is 0 Å². The maximum Gasteiger partial charge on any atom is 0.139 e. The molecule has 0 aromatic carbocycles. The molecule has 5 heteroatoms. The third-order valence-corrected chi connectivity index (χ3v) is 2.08. The predicted molar refractivity (Wildman–Crippen MR) is 37.7 cm³/mol. The van der Waals surface area contributed by atoms with Crippen LogP contribution in [0.4, 0.5) is 0 Å². The molecule has 0 aliphatic heterocycles. The Bertz CT molecular complexity index is 186. The van der Waals surface area contributed by atoms with Crippen LogP contribution in [0.2, 0.25) is 0 Å². The summed E-state index contributed by atoms with van der Waals surface area (Å²) in [6.45, 7) is 0. The second-order valence-corrected chi connectivity index (χ2v) is 2.78. The molecule has 1 unspecified atom stereocenters. The van der Waals surface area contributed by atoms with E-state index >= 15 is 0 Å². The Kier molecular flexibility index (Phi) is 2.18. The quantitative estimate of drug-likeness (QED) is 0.511. The van der Waals surface area contributed by atoms with Gasteiger partial charge in [-0.2, -0.15) is 12.6 Å². The van der Waals surface area contributed by atoms with Gasteiger partial charge in [-0.3, -0.25) is 0 Å². The van der Waals surface area contributed by atoms with E-state index in [1.807, 2.05) is 0 Å². The zero-order valence-electron chi connectivity index (χ0n) is 4.39. The first-order valence-electron chi connectivity index (χ1n) is 2.24. The van der Waals surface area contributed by atoms with Crippen LogP contribution >= 0.6 is 24.0 Å². The minimum absolute atomic E-state index is 0.405. The molecule has 1 heterocycles. The van der Waals surface area contributed by atoms with Crippen molar-refractivity contribution < 1.29 is 4.79 Å². The molecule has 1 rings (SSSR count). The highest BCUT2D eigenvalue weighted by atomic mass is 32.1. The molecule has 9 heavy (non-hydrogen) atoms. The average molecular weight is 160 g/mol. The highest BCUT2D eigenvalue weighted by Crippen LogP contribution is 2.17. The van der Waals surface area contributed by atoms with Gasteiger partial charge in [-0.05, 0) is 0 Å². The monoisotopic (exact) mass is 160 g/mol. The van der Waals surface area contributed by atoms with Gasteiger partial charge in [0.2, 0.25) is 0 Å². The Morgan fingerprint density at radius 1 is 1.89 bits per heavy atom. The van der Waals surface area contributed by atoms with Crippen molar-refractivity contribution in [3.8, 4) is 0 Å². The number of carbonyl (C=O) groups excluding carboxylic acids is 1. The summed E-state index contributed by atoms with van der Waals surface area (Å²) < 4.78 is 0. The topological polar surface area (TPSA) is 42.9 Å². The molecule has 0 aliphatic carbocycles. The lowest BCUT2D eigenvalue weighted by Gasteiger charge is -1.90. The maximum absolute atomic E-state index is 10.1. The molecule has 0 N–H and O–H groups in total. The summed E-state index contributed by atoms with van der Waals surface area (Å²) in [5, 5.41) is 7.44. The summed E-state index contributed by atoms with van der Waals surface area (Å²) in [5.74, 6) is 0. The van der Waals surface area contributed by atoms with Crippen LogP contribution in [0, 0.1) is 0 Å². The number of aromatic nitrogens is 2. The molecule has 0 radical (unpaired) electrons. The molecule has 1 aromatic rings. The molecular formula is C4H4N2OS2. The maximum atomic E-state index is 10.1. The summed E-state index contributed by atoms with van der Waals surface area (Å²) in [4.78, 5) is 10.1. The van der Waals surface area contributed by atoms with Gasteiger partial charge in [-0.1, -0.05) is 0 Å². The molecule has 0 spiro atoms. The van der Waals surface area contributed by atoms with E-state index in [0.717, 1.165) is 6.29 Å². The molecule has 0 saturated carbocycles. The van der Waals surface area contributed by atoms with Crippen LogP contribution in [0.15, 0.2) is 5.51 Å². The lowest BCUT2D eigenvalue weighted by Crippen LogP contribution is -1.89. The normalized spacial score (nSPS) is 13.0. The van der Waals surface area contributed by atoms with Gasteiger partial charge in [-0.25, -0.2) is 0 Å². The molecule has 0 aliphatic rings. The van der Waals surface area contributed by atoms with Gasteiger partial charge in [0, 0.05) is 0 Å². The van der Waals surface area contributed by atoms with Crippen LogP contribution in [0.1, 0.15) is 10.3 Å². The van der Waals surface area contributed by atoms with Crippen molar-refractivity contribution >= 4 is 30.3 Å². The van der Waals surface area contributed by atoms with Gasteiger partial charge in [0.15, 0.2) is 0 Å².